The van der Waals surface area contributed by atoms with Crippen LogP contribution in [-0.4, -0.2) is 37.2 Å². The fourth-order valence-corrected chi connectivity index (χ4v) is 7.81. The lowest BCUT2D eigenvalue weighted by Crippen LogP contribution is -2.30. The molecule has 344 valence electrons. The monoisotopic (exact) mass is 821 g/mol. The van der Waals surface area contributed by atoms with Gasteiger partial charge in [-0.2, -0.15) is 0 Å². The minimum Gasteiger partial charge on any atom is -0.462 e. The summed E-state index contributed by atoms with van der Waals surface area (Å²) in [5.41, 5.74) is 0. The van der Waals surface area contributed by atoms with Gasteiger partial charge in [-0.3, -0.25) is 14.4 Å². The highest BCUT2D eigenvalue weighted by atomic mass is 16.6. The number of carbonyl (C=O) groups excluding carboxylic acids is 3. The van der Waals surface area contributed by atoms with Gasteiger partial charge < -0.3 is 14.2 Å². The molecular formula is C52H100O6. The van der Waals surface area contributed by atoms with Crippen molar-refractivity contribution in [3.05, 3.63) is 0 Å². The van der Waals surface area contributed by atoms with E-state index in [1.807, 2.05) is 0 Å². The van der Waals surface area contributed by atoms with Crippen LogP contribution in [0.2, 0.25) is 0 Å². The zero-order chi connectivity index (χ0) is 42.6. The van der Waals surface area contributed by atoms with E-state index in [1.165, 1.54) is 173 Å². The Labute approximate surface area is 361 Å². The third-order valence-corrected chi connectivity index (χ3v) is 11.7. The molecule has 0 saturated heterocycles. The molecule has 1 atom stereocenters. The van der Waals surface area contributed by atoms with Gasteiger partial charge in [0.15, 0.2) is 6.10 Å². The van der Waals surface area contributed by atoms with Crippen molar-refractivity contribution in [1.29, 1.82) is 0 Å². The van der Waals surface area contributed by atoms with Crippen LogP contribution in [0.1, 0.15) is 285 Å². The summed E-state index contributed by atoms with van der Waals surface area (Å²) in [6.45, 7) is 11.4. The maximum absolute atomic E-state index is 12.8. The van der Waals surface area contributed by atoms with Gasteiger partial charge >= 0.3 is 17.9 Å². The summed E-state index contributed by atoms with van der Waals surface area (Å²) in [7, 11) is 0. The summed E-state index contributed by atoms with van der Waals surface area (Å²) in [4.78, 5) is 37.9. The van der Waals surface area contributed by atoms with E-state index >= 15 is 0 Å². The first kappa shape index (κ1) is 56.4. The third-order valence-electron chi connectivity index (χ3n) is 11.7. The molecule has 0 saturated carbocycles. The predicted octanol–water partition coefficient (Wildman–Crippen LogP) is 16.5. The van der Waals surface area contributed by atoms with Crippen LogP contribution in [0.15, 0.2) is 0 Å². The van der Waals surface area contributed by atoms with Crippen LogP contribution in [0.4, 0.5) is 0 Å². The molecular weight excluding hydrogens is 721 g/mol. The molecule has 0 fully saturated rings. The van der Waals surface area contributed by atoms with E-state index in [2.05, 4.69) is 34.6 Å². The summed E-state index contributed by atoms with van der Waals surface area (Å²) >= 11 is 0. The summed E-state index contributed by atoms with van der Waals surface area (Å²) < 4.78 is 16.8. The molecule has 0 spiro atoms. The number of carbonyl (C=O) groups is 3. The molecule has 6 nitrogen and oxygen atoms in total. The fraction of sp³-hybridized carbons (Fsp3) is 0.942. The van der Waals surface area contributed by atoms with Crippen molar-refractivity contribution < 1.29 is 28.6 Å². The molecule has 0 aliphatic carbocycles. The van der Waals surface area contributed by atoms with Gasteiger partial charge in [0.25, 0.3) is 0 Å². The van der Waals surface area contributed by atoms with Crippen molar-refractivity contribution in [3.8, 4) is 0 Å². The van der Waals surface area contributed by atoms with Crippen molar-refractivity contribution in [2.75, 3.05) is 13.2 Å². The number of rotatable bonds is 46. The van der Waals surface area contributed by atoms with Crippen LogP contribution in [0.5, 0.6) is 0 Å². The number of hydrogen-bond acceptors (Lipinski definition) is 6. The maximum Gasteiger partial charge on any atom is 0.306 e. The van der Waals surface area contributed by atoms with Crippen molar-refractivity contribution in [3.63, 3.8) is 0 Å². The van der Waals surface area contributed by atoms with Crippen LogP contribution in [0.3, 0.4) is 0 Å². The van der Waals surface area contributed by atoms with Crippen molar-refractivity contribution in [1.82, 2.24) is 0 Å². The second-order valence-corrected chi connectivity index (χ2v) is 18.8. The lowest BCUT2D eigenvalue weighted by atomic mass is 10.0. The van der Waals surface area contributed by atoms with Crippen molar-refractivity contribution >= 4 is 17.9 Å². The van der Waals surface area contributed by atoms with Crippen LogP contribution >= 0.6 is 0 Å². The molecule has 0 aromatic carbocycles. The molecule has 0 aromatic rings. The molecule has 0 aliphatic heterocycles. The minimum absolute atomic E-state index is 0.0639. The smallest absolute Gasteiger partial charge is 0.306 e. The Morgan fingerprint density at radius 1 is 0.328 bits per heavy atom. The highest BCUT2D eigenvalue weighted by molar-refractivity contribution is 5.71. The average molecular weight is 821 g/mol. The first-order chi connectivity index (χ1) is 28.2. The Balaban J connectivity index is 4.31. The minimum atomic E-state index is -0.761. The predicted molar refractivity (Wildman–Crippen MR) is 247 cm³/mol. The molecule has 0 radical (unpaired) electrons. The van der Waals surface area contributed by atoms with Crippen LogP contribution in [0, 0.1) is 11.8 Å². The van der Waals surface area contributed by atoms with E-state index in [4.69, 9.17) is 14.2 Å². The molecule has 0 bridgehead atoms. The fourth-order valence-electron chi connectivity index (χ4n) is 7.81. The summed E-state index contributed by atoms with van der Waals surface area (Å²) in [6, 6.07) is 0. The van der Waals surface area contributed by atoms with E-state index in [9.17, 15) is 14.4 Å². The van der Waals surface area contributed by atoms with Crippen molar-refractivity contribution in [2.24, 2.45) is 11.8 Å². The van der Waals surface area contributed by atoms with Crippen molar-refractivity contribution in [2.45, 2.75) is 291 Å². The Hall–Kier alpha value is -1.59. The zero-order valence-electron chi connectivity index (χ0n) is 39.7. The Bertz CT molecular complexity index is 885. The molecule has 0 unspecified atom stereocenters. The van der Waals surface area contributed by atoms with Gasteiger partial charge in [0.2, 0.25) is 0 Å². The quantitative estimate of drug-likeness (QED) is 0.0346. The van der Waals surface area contributed by atoms with Gasteiger partial charge in [-0.25, -0.2) is 0 Å². The van der Waals surface area contributed by atoms with Gasteiger partial charge in [-0.15, -0.1) is 0 Å². The van der Waals surface area contributed by atoms with E-state index in [1.54, 1.807) is 0 Å². The topological polar surface area (TPSA) is 78.9 Å². The first-order valence-corrected chi connectivity index (χ1v) is 25.7. The average Bonchev–Trinajstić information content (AvgIpc) is 3.19. The Morgan fingerprint density at radius 2 is 0.569 bits per heavy atom. The molecule has 0 rings (SSSR count). The van der Waals surface area contributed by atoms with E-state index in [-0.39, 0.29) is 31.1 Å². The molecule has 6 heteroatoms. The standard InChI is InChI=1S/C52H100O6/c1-6-7-8-9-10-11-12-13-17-22-27-32-37-42-50(53)56-45-49(58-52(55)44-39-34-29-24-19-21-26-31-36-41-48(4)5)46-57-51(54)43-38-33-28-23-18-15-14-16-20-25-30-35-40-47(2)3/h47-49H,6-46H2,1-5H3/t49-/m1/s1. The lowest BCUT2D eigenvalue weighted by Gasteiger charge is -2.18. The Kier molecular flexibility index (Phi) is 43.7. The summed E-state index contributed by atoms with van der Waals surface area (Å²) in [5, 5.41) is 0. The second-order valence-electron chi connectivity index (χ2n) is 18.8. The number of unbranched alkanes of at least 4 members (excludes halogenated alkanes) is 31. The van der Waals surface area contributed by atoms with Gasteiger partial charge in [-0.1, -0.05) is 247 Å². The highest BCUT2D eigenvalue weighted by Crippen LogP contribution is 2.17. The SMILES string of the molecule is CCCCCCCCCCCCCCCC(=O)OC[C@H](COC(=O)CCCCCCCCCCCCCCC(C)C)OC(=O)CCCCCCCCCCCC(C)C. The number of esters is 3. The second kappa shape index (κ2) is 44.9. The number of hydrogen-bond donors (Lipinski definition) is 0. The highest BCUT2D eigenvalue weighted by Gasteiger charge is 2.19. The molecule has 58 heavy (non-hydrogen) atoms. The van der Waals surface area contributed by atoms with Crippen LogP contribution in [-0.2, 0) is 28.6 Å². The summed E-state index contributed by atoms with van der Waals surface area (Å²) in [6.07, 6.45) is 45.1. The van der Waals surface area contributed by atoms with E-state index in [0.717, 1.165) is 69.6 Å². The van der Waals surface area contributed by atoms with Crippen LogP contribution in [0.25, 0.3) is 0 Å². The molecule has 0 amide bonds. The molecule has 0 heterocycles. The third kappa shape index (κ3) is 45.5. The zero-order valence-corrected chi connectivity index (χ0v) is 39.7. The molecule has 0 N–H and O–H groups in total. The molecule has 0 aromatic heterocycles. The van der Waals surface area contributed by atoms with Gasteiger partial charge in [0.05, 0.1) is 0 Å². The summed E-state index contributed by atoms with van der Waals surface area (Å²) in [5.74, 6) is 0.791. The maximum atomic E-state index is 12.8. The van der Waals surface area contributed by atoms with Gasteiger partial charge in [0, 0.05) is 19.3 Å². The molecule has 0 aliphatic rings. The Morgan fingerprint density at radius 3 is 0.845 bits per heavy atom. The van der Waals surface area contributed by atoms with Crippen LogP contribution < -0.4 is 0 Å². The normalized spacial score (nSPS) is 12.1. The van der Waals surface area contributed by atoms with Gasteiger partial charge in [-0.05, 0) is 31.1 Å². The van der Waals surface area contributed by atoms with E-state index < -0.39 is 6.10 Å². The lowest BCUT2D eigenvalue weighted by molar-refractivity contribution is -0.167. The van der Waals surface area contributed by atoms with E-state index in [0.29, 0.717) is 19.3 Å². The number of ether oxygens (including phenoxy) is 3. The van der Waals surface area contributed by atoms with Gasteiger partial charge in [0.1, 0.15) is 13.2 Å². The first-order valence-electron chi connectivity index (χ1n) is 25.7. The largest absolute Gasteiger partial charge is 0.462 e.